The van der Waals surface area contributed by atoms with Gasteiger partial charge < -0.3 is 9.47 Å². The zero-order valence-electron chi connectivity index (χ0n) is 15.7. The molecule has 7 heteroatoms. The van der Waals surface area contributed by atoms with Crippen molar-refractivity contribution >= 4 is 34.7 Å². The number of rotatable bonds is 4. The zero-order valence-corrected chi connectivity index (χ0v) is 16.5. The maximum absolute atomic E-state index is 11.6. The van der Waals surface area contributed by atoms with Gasteiger partial charge in [-0.2, -0.15) is 8.75 Å². The fraction of sp³-hybridized carbons (Fsp3) is 0.0909. The minimum absolute atomic E-state index is 0.372. The molecule has 4 aromatic rings. The van der Waals surface area contributed by atoms with E-state index >= 15 is 0 Å². The molecule has 0 saturated carbocycles. The highest BCUT2D eigenvalue weighted by molar-refractivity contribution is 7.00. The van der Waals surface area contributed by atoms with Crippen molar-refractivity contribution in [1.82, 2.24) is 8.75 Å². The Labute approximate surface area is 171 Å². The van der Waals surface area contributed by atoms with Crippen LogP contribution in [0.3, 0.4) is 0 Å². The Morgan fingerprint density at radius 3 is 1.38 bits per heavy atom. The topological polar surface area (TPSA) is 78.4 Å². The van der Waals surface area contributed by atoms with E-state index < -0.39 is 0 Å². The maximum Gasteiger partial charge on any atom is 0.337 e. The molecule has 6 nitrogen and oxygen atoms in total. The van der Waals surface area contributed by atoms with E-state index in [0.717, 1.165) is 45.0 Å². The Morgan fingerprint density at radius 2 is 1.03 bits per heavy atom. The maximum atomic E-state index is 11.6. The van der Waals surface area contributed by atoms with Crippen molar-refractivity contribution in [2.24, 2.45) is 0 Å². The monoisotopic (exact) mass is 404 g/mol. The summed E-state index contributed by atoms with van der Waals surface area (Å²) in [6.07, 6.45) is 0. The number of benzene rings is 3. The van der Waals surface area contributed by atoms with Crippen LogP contribution in [0.15, 0.2) is 60.7 Å². The molecule has 0 aliphatic rings. The molecule has 1 aromatic heterocycles. The lowest BCUT2D eigenvalue weighted by Crippen LogP contribution is -2.00. The number of hydrogen-bond acceptors (Lipinski definition) is 7. The first-order valence-electron chi connectivity index (χ1n) is 8.75. The SMILES string of the molecule is COC(=O)c1ccc(-c2ccc(-c3ccc(C(=O)OC)cc3)c3nsnc23)cc1. The molecule has 0 fully saturated rings. The van der Waals surface area contributed by atoms with Crippen molar-refractivity contribution in [3.8, 4) is 22.3 Å². The molecule has 3 aromatic carbocycles. The van der Waals surface area contributed by atoms with Crippen LogP contribution >= 0.6 is 11.7 Å². The largest absolute Gasteiger partial charge is 0.465 e. The van der Waals surface area contributed by atoms with Crippen LogP contribution in [-0.2, 0) is 9.47 Å². The molecule has 0 saturated heterocycles. The molecule has 1 heterocycles. The molecular weight excluding hydrogens is 388 g/mol. The van der Waals surface area contributed by atoms with Crippen molar-refractivity contribution in [1.29, 1.82) is 0 Å². The molecule has 0 aliphatic carbocycles. The number of aromatic nitrogens is 2. The van der Waals surface area contributed by atoms with Gasteiger partial charge >= 0.3 is 11.9 Å². The molecule has 0 amide bonds. The second kappa shape index (κ2) is 7.81. The average Bonchev–Trinajstić information content (AvgIpc) is 3.27. The van der Waals surface area contributed by atoms with Gasteiger partial charge in [0.25, 0.3) is 0 Å². The summed E-state index contributed by atoms with van der Waals surface area (Å²) in [6, 6.07) is 18.4. The van der Waals surface area contributed by atoms with Crippen molar-refractivity contribution in [2.75, 3.05) is 14.2 Å². The highest BCUT2D eigenvalue weighted by Gasteiger charge is 2.15. The van der Waals surface area contributed by atoms with E-state index in [1.807, 2.05) is 36.4 Å². The van der Waals surface area contributed by atoms with E-state index in [2.05, 4.69) is 8.75 Å². The summed E-state index contributed by atoms with van der Waals surface area (Å²) in [4.78, 5) is 23.3. The molecule has 0 radical (unpaired) electrons. The molecular formula is C22H16N2O4S. The third-order valence-electron chi connectivity index (χ3n) is 4.65. The van der Waals surface area contributed by atoms with Crippen LogP contribution in [0.25, 0.3) is 33.3 Å². The van der Waals surface area contributed by atoms with Crippen LogP contribution in [0.4, 0.5) is 0 Å². The van der Waals surface area contributed by atoms with Crippen molar-refractivity contribution < 1.29 is 19.1 Å². The third-order valence-corrected chi connectivity index (χ3v) is 5.18. The molecule has 4 rings (SSSR count). The van der Waals surface area contributed by atoms with Crippen LogP contribution in [0.2, 0.25) is 0 Å². The molecule has 0 N–H and O–H groups in total. The van der Waals surface area contributed by atoms with Crippen molar-refractivity contribution in [3.05, 3.63) is 71.8 Å². The molecule has 29 heavy (non-hydrogen) atoms. The minimum Gasteiger partial charge on any atom is -0.465 e. The second-order valence-corrected chi connectivity index (χ2v) is 6.79. The smallest absolute Gasteiger partial charge is 0.337 e. The van der Waals surface area contributed by atoms with Gasteiger partial charge in [-0.25, -0.2) is 9.59 Å². The van der Waals surface area contributed by atoms with Crippen LogP contribution in [0.5, 0.6) is 0 Å². The van der Waals surface area contributed by atoms with E-state index in [0.29, 0.717) is 11.1 Å². The molecule has 144 valence electrons. The number of fused-ring (bicyclic) bond motifs is 1. The quantitative estimate of drug-likeness (QED) is 0.463. The van der Waals surface area contributed by atoms with Crippen molar-refractivity contribution in [3.63, 3.8) is 0 Å². The Bertz CT molecular complexity index is 1100. The number of methoxy groups -OCH3 is 2. The minimum atomic E-state index is -0.372. The van der Waals surface area contributed by atoms with E-state index in [1.54, 1.807) is 24.3 Å². The van der Waals surface area contributed by atoms with E-state index in [1.165, 1.54) is 14.2 Å². The normalized spacial score (nSPS) is 10.7. The third kappa shape index (κ3) is 3.48. The van der Waals surface area contributed by atoms with Gasteiger partial charge in [0, 0.05) is 11.1 Å². The van der Waals surface area contributed by atoms with Gasteiger partial charge in [0.05, 0.1) is 37.1 Å². The van der Waals surface area contributed by atoms with E-state index in [9.17, 15) is 9.59 Å². The summed E-state index contributed by atoms with van der Waals surface area (Å²) in [5.74, 6) is -0.745. The number of nitrogens with zero attached hydrogens (tertiary/aromatic N) is 2. The van der Waals surface area contributed by atoms with E-state index in [-0.39, 0.29) is 11.9 Å². The van der Waals surface area contributed by atoms with Gasteiger partial charge in [-0.1, -0.05) is 36.4 Å². The van der Waals surface area contributed by atoms with Gasteiger partial charge in [0.2, 0.25) is 0 Å². The molecule has 0 spiro atoms. The lowest BCUT2D eigenvalue weighted by atomic mass is 9.97. The summed E-state index contributed by atoms with van der Waals surface area (Å²) >= 11 is 1.15. The van der Waals surface area contributed by atoms with Gasteiger partial charge in [-0.15, -0.1) is 0 Å². The van der Waals surface area contributed by atoms with Gasteiger partial charge in [-0.05, 0) is 35.4 Å². The highest BCUT2D eigenvalue weighted by Crippen LogP contribution is 2.34. The Morgan fingerprint density at radius 1 is 0.655 bits per heavy atom. The first kappa shape index (κ1) is 18.8. The Balaban J connectivity index is 1.74. The number of carbonyl (C=O) groups is 2. The summed E-state index contributed by atoms with van der Waals surface area (Å²) in [6.45, 7) is 0. The first-order valence-corrected chi connectivity index (χ1v) is 9.48. The zero-order chi connectivity index (χ0) is 20.4. The second-order valence-electron chi connectivity index (χ2n) is 6.26. The molecule has 0 atom stereocenters. The standard InChI is InChI=1S/C22H16N2O4S/c1-27-21(25)15-7-3-13(4-8-15)17-11-12-18(20-19(17)23-29-24-20)14-5-9-16(10-6-14)22(26)28-2/h3-12H,1-2H3. The van der Waals surface area contributed by atoms with Crippen LogP contribution < -0.4 is 0 Å². The van der Waals surface area contributed by atoms with E-state index in [4.69, 9.17) is 9.47 Å². The molecule has 0 bridgehead atoms. The van der Waals surface area contributed by atoms with Gasteiger partial charge in [0.1, 0.15) is 11.0 Å². The summed E-state index contributed by atoms with van der Waals surface area (Å²) in [5.41, 5.74) is 6.29. The highest BCUT2D eigenvalue weighted by atomic mass is 32.1. The number of hydrogen-bond donors (Lipinski definition) is 0. The Kier molecular flexibility index (Phi) is 5.05. The predicted molar refractivity (Wildman–Crippen MR) is 111 cm³/mol. The van der Waals surface area contributed by atoms with Gasteiger partial charge in [-0.3, -0.25) is 0 Å². The Hall–Kier alpha value is -3.58. The first-order chi connectivity index (χ1) is 14.1. The molecule has 0 unspecified atom stereocenters. The fourth-order valence-electron chi connectivity index (χ4n) is 3.14. The van der Waals surface area contributed by atoms with Crippen LogP contribution in [0.1, 0.15) is 20.7 Å². The number of esters is 2. The summed E-state index contributed by atoms with van der Waals surface area (Å²) < 4.78 is 18.4. The number of carbonyl (C=O) groups excluding carboxylic acids is 2. The summed E-state index contributed by atoms with van der Waals surface area (Å²) in [7, 11) is 2.72. The average molecular weight is 404 g/mol. The fourth-order valence-corrected chi connectivity index (χ4v) is 3.71. The lowest BCUT2D eigenvalue weighted by Gasteiger charge is -2.08. The molecule has 0 aliphatic heterocycles. The number of ether oxygens (including phenoxy) is 2. The van der Waals surface area contributed by atoms with Gasteiger partial charge in [0.15, 0.2) is 0 Å². The van der Waals surface area contributed by atoms with Crippen LogP contribution in [-0.4, -0.2) is 34.9 Å². The summed E-state index contributed by atoms with van der Waals surface area (Å²) in [5, 5.41) is 0. The van der Waals surface area contributed by atoms with Crippen molar-refractivity contribution in [2.45, 2.75) is 0 Å². The lowest BCUT2D eigenvalue weighted by molar-refractivity contribution is 0.0592. The predicted octanol–water partition coefficient (Wildman–Crippen LogP) is 4.60. The van der Waals surface area contributed by atoms with Crippen LogP contribution in [0, 0.1) is 0 Å².